The maximum Gasteiger partial charge on any atom is 0.226 e. The summed E-state index contributed by atoms with van der Waals surface area (Å²) in [5.74, 6) is 1.34. The molecule has 0 fully saturated rings. The van der Waals surface area contributed by atoms with E-state index in [1.165, 1.54) is 5.56 Å². The molecule has 0 radical (unpaired) electrons. The van der Waals surface area contributed by atoms with Crippen LogP contribution in [0.5, 0.6) is 0 Å². The fourth-order valence-corrected chi connectivity index (χ4v) is 2.07. The summed E-state index contributed by atoms with van der Waals surface area (Å²) >= 11 is 0. The summed E-state index contributed by atoms with van der Waals surface area (Å²) in [5, 5.41) is 14.2. The molecule has 3 N–H and O–H groups in total. The third-order valence-corrected chi connectivity index (χ3v) is 3.24. The van der Waals surface area contributed by atoms with E-state index in [0.717, 1.165) is 23.3 Å². The summed E-state index contributed by atoms with van der Waals surface area (Å²) in [7, 11) is 0. The van der Waals surface area contributed by atoms with E-state index in [2.05, 4.69) is 42.7 Å². The molecule has 0 amide bonds. The van der Waals surface area contributed by atoms with Crippen molar-refractivity contribution < 1.29 is 0 Å². The van der Waals surface area contributed by atoms with Crippen molar-refractivity contribution in [3.8, 4) is 0 Å². The van der Waals surface area contributed by atoms with Crippen LogP contribution in [-0.4, -0.2) is 31.7 Å². The van der Waals surface area contributed by atoms with E-state index < -0.39 is 0 Å². The Bertz CT molecular complexity index is 750. The number of pyridine rings is 1. The zero-order valence-electron chi connectivity index (χ0n) is 12.0. The highest BCUT2D eigenvalue weighted by Crippen LogP contribution is 2.20. The highest BCUT2D eigenvalue weighted by Gasteiger charge is 2.09. The van der Waals surface area contributed by atoms with Crippen molar-refractivity contribution in [3.05, 3.63) is 35.8 Å². The SMILES string of the molecule is CCNc1nc(NCc2cnccc2C)c2cn[nH]c2n1. The smallest absolute Gasteiger partial charge is 0.226 e. The Morgan fingerprint density at radius 1 is 1.19 bits per heavy atom. The third kappa shape index (κ3) is 2.76. The highest BCUT2D eigenvalue weighted by molar-refractivity contribution is 5.86. The van der Waals surface area contributed by atoms with Gasteiger partial charge < -0.3 is 10.6 Å². The number of H-pyrrole nitrogens is 1. The van der Waals surface area contributed by atoms with Gasteiger partial charge in [0.05, 0.1) is 11.6 Å². The molecular weight excluding hydrogens is 266 g/mol. The Labute approximate surface area is 122 Å². The zero-order chi connectivity index (χ0) is 14.7. The molecule has 0 atom stereocenters. The predicted octanol–water partition coefficient (Wildman–Crippen LogP) is 2.10. The van der Waals surface area contributed by atoms with Gasteiger partial charge in [0.2, 0.25) is 5.95 Å². The van der Waals surface area contributed by atoms with E-state index in [9.17, 15) is 0 Å². The van der Waals surface area contributed by atoms with Gasteiger partial charge in [0.15, 0.2) is 5.65 Å². The number of fused-ring (bicyclic) bond motifs is 1. The summed E-state index contributed by atoms with van der Waals surface area (Å²) in [4.78, 5) is 13.0. The minimum atomic E-state index is 0.583. The molecule has 3 rings (SSSR count). The number of nitrogens with zero attached hydrogens (tertiary/aromatic N) is 4. The van der Waals surface area contributed by atoms with Crippen molar-refractivity contribution in [1.29, 1.82) is 0 Å². The maximum absolute atomic E-state index is 4.49. The first-order valence-corrected chi connectivity index (χ1v) is 6.86. The van der Waals surface area contributed by atoms with Gasteiger partial charge in [0, 0.05) is 25.5 Å². The quantitative estimate of drug-likeness (QED) is 0.664. The number of aryl methyl sites for hydroxylation is 1. The number of rotatable bonds is 5. The van der Waals surface area contributed by atoms with Crippen molar-refractivity contribution in [1.82, 2.24) is 25.1 Å². The maximum atomic E-state index is 4.49. The number of anilines is 2. The average Bonchev–Trinajstić information content (AvgIpc) is 2.95. The molecule has 0 spiro atoms. The fraction of sp³-hybridized carbons (Fsp3) is 0.286. The normalized spacial score (nSPS) is 10.8. The second-order valence-corrected chi connectivity index (χ2v) is 4.71. The first-order chi connectivity index (χ1) is 10.3. The minimum absolute atomic E-state index is 0.583. The molecule has 3 heterocycles. The van der Waals surface area contributed by atoms with Gasteiger partial charge in [-0.05, 0) is 31.0 Å². The number of aromatic amines is 1. The molecule has 0 saturated carbocycles. The third-order valence-electron chi connectivity index (χ3n) is 3.24. The molecule has 0 bridgehead atoms. The van der Waals surface area contributed by atoms with Crippen molar-refractivity contribution in [2.45, 2.75) is 20.4 Å². The number of nitrogens with one attached hydrogen (secondary N) is 3. The van der Waals surface area contributed by atoms with Gasteiger partial charge in [0.25, 0.3) is 0 Å². The Morgan fingerprint density at radius 3 is 2.90 bits per heavy atom. The van der Waals surface area contributed by atoms with Gasteiger partial charge in [-0.1, -0.05) is 0 Å². The van der Waals surface area contributed by atoms with E-state index in [1.54, 1.807) is 12.4 Å². The van der Waals surface area contributed by atoms with Gasteiger partial charge in [-0.25, -0.2) is 0 Å². The number of hydrogen-bond acceptors (Lipinski definition) is 6. The Balaban J connectivity index is 1.89. The molecule has 0 aromatic carbocycles. The van der Waals surface area contributed by atoms with Gasteiger partial charge in [-0.3, -0.25) is 10.1 Å². The molecule has 0 aliphatic heterocycles. The molecule has 3 aromatic rings. The Morgan fingerprint density at radius 2 is 2.10 bits per heavy atom. The standard InChI is InChI=1S/C14H17N7/c1-3-16-14-19-12(11-8-18-21-13(11)20-14)17-7-10-6-15-5-4-9(10)2/h4-6,8H,3,7H2,1-2H3,(H3,16,17,18,19,20,21). The minimum Gasteiger partial charge on any atom is -0.365 e. The summed E-state index contributed by atoms with van der Waals surface area (Å²) in [6.45, 7) is 5.49. The van der Waals surface area contributed by atoms with Crippen LogP contribution >= 0.6 is 0 Å². The molecule has 7 heteroatoms. The van der Waals surface area contributed by atoms with Crippen LogP contribution in [0, 0.1) is 6.92 Å². The van der Waals surface area contributed by atoms with Crippen molar-refractivity contribution >= 4 is 22.8 Å². The van der Waals surface area contributed by atoms with Crippen molar-refractivity contribution in [3.63, 3.8) is 0 Å². The lowest BCUT2D eigenvalue weighted by Gasteiger charge is -2.10. The summed E-state index contributed by atoms with van der Waals surface area (Å²) < 4.78 is 0. The summed E-state index contributed by atoms with van der Waals surface area (Å²) in [5.41, 5.74) is 3.05. The number of aromatic nitrogens is 5. The fourth-order valence-electron chi connectivity index (χ4n) is 2.07. The molecule has 7 nitrogen and oxygen atoms in total. The van der Waals surface area contributed by atoms with Gasteiger partial charge in [-0.2, -0.15) is 15.1 Å². The van der Waals surface area contributed by atoms with Crippen LogP contribution in [0.1, 0.15) is 18.1 Å². The first kappa shape index (κ1) is 13.3. The molecule has 0 saturated heterocycles. The van der Waals surface area contributed by atoms with Crippen LogP contribution in [0.2, 0.25) is 0 Å². The molecule has 0 aliphatic rings. The lowest BCUT2D eigenvalue weighted by molar-refractivity contribution is 1.04. The monoisotopic (exact) mass is 283 g/mol. The summed E-state index contributed by atoms with van der Waals surface area (Å²) in [6.07, 6.45) is 5.38. The van der Waals surface area contributed by atoms with Crippen LogP contribution in [-0.2, 0) is 6.54 Å². The Kier molecular flexibility index (Phi) is 3.63. The largest absolute Gasteiger partial charge is 0.365 e. The summed E-state index contributed by atoms with van der Waals surface area (Å²) in [6, 6.07) is 1.99. The second-order valence-electron chi connectivity index (χ2n) is 4.71. The topological polar surface area (TPSA) is 91.4 Å². The van der Waals surface area contributed by atoms with Crippen LogP contribution in [0.25, 0.3) is 11.0 Å². The lowest BCUT2D eigenvalue weighted by Crippen LogP contribution is -2.08. The zero-order valence-corrected chi connectivity index (χ0v) is 12.0. The van der Waals surface area contributed by atoms with E-state index in [4.69, 9.17) is 0 Å². The molecule has 108 valence electrons. The molecule has 21 heavy (non-hydrogen) atoms. The predicted molar refractivity (Wildman–Crippen MR) is 82.1 cm³/mol. The molecular formula is C14H17N7. The Hall–Kier alpha value is -2.70. The second kappa shape index (κ2) is 5.74. The van der Waals surface area contributed by atoms with E-state index in [-0.39, 0.29) is 0 Å². The number of hydrogen-bond donors (Lipinski definition) is 3. The van der Waals surface area contributed by atoms with Crippen LogP contribution in [0.4, 0.5) is 11.8 Å². The van der Waals surface area contributed by atoms with Crippen molar-refractivity contribution in [2.24, 2.45) is 0 Å². The molecule has 3 aromatic heterocycles. The molecule has 0 unspecified atom stereocenters. The lowest BCUT2D eigenvalue weighted by atomic mass is 10.1. The van der Waals surface area contributed by atoms with Gasteiger partial charge >= 0.3 is 0 Å². The van der Waals surface area contributed by atoms with Crippen molar-refractivity contribution in [2.75, 3.05) is 17.2 Å². The van der Waals surface area contributed by atoms with Crippen LogP contribution < -0.4 is 10.6 Å². The van der Waals surface area contributed by atoms with Gasteiger partial charge in [-0.15, -0.1) is 0 Å². The van der Waals surface area contributed by atoms with E-state index in [1.807, 2.05) is 19.2 Å². The van der Waals surface area contributed by atoms with Gasteiger partial charge in [0.1, 0.15) is 5.82 Å². The average molecular weight is 283 g/mol. The van der Waals surface area contributed by atoms with Crippen LogP contribution in [0.3, 0.4) is 0 Å². The molecule has 0 aliphatic carbocycles. The first-order valence-electron chi connectivity index (χ1n) is 6.86. The van der Waals surface area contributed by atoms with Crippen LogP contribution in [0.15, 0.2) is 24.7 Å². The highest BCUT2D eigenvalue weighted by atomic mass is 15.2. The van der Waals surface area contributed by atoms with E-state index in [0.29, 0.717) is 18.1 Å². The van der Waals surface area contributed by atoms with E-state index >= 15 is 0 Å².